The lowest BCUT2D eigenvalue weighted by Crippen LogP contribution is -2.45. The van der Waals surface area contributed by atoms with E-state index in [1.54, 1.807) is 20.8 Å². The van der Waals surface area contributed by atoms with Crippen LogP contribution in [0, 0.1) is 5.92 Å². The summed E-state index contributed by atoms with van der Waals surface area (Å²) in [7, 11) is -1.96. The van der Waals surface area contributed by atoms with E-state index in [2.05, 4.69) is 5.32 Å². The average Bonchev–Trinajstić information content (AvgIpc) is 2.46. The number of hydrogen-bond acceptors (Lipinski definition) is 6. The Morgan fingerprint density at radius 3 is 2.24 bits per heavy atom. The van der Waals surface area contributed by atoms with Gasteiger partial charge in [-0.25, -0.2) is 13.2 Å². The molecule has 1 fully saturated rings. The monoisotopic (exact) mass is 321 g/mol. The van der Waals surface area contributed by atoms with Gasteiger partial charge in [-0.1, -0.05) is 0 Å². The van der Waals surface area contributed by atoms with Crippen LogP contribution >= 0.6 is 0 Å². The summed E-state index contributed by atoms with van der Waals surface area (Å²) in [5.41, 5.74) is -0.665. The zero-order chi connectivity index (χ0) is 16.3. The van der Waals surface area contributed by atoms with Crippen LogP contribution in [0.15, 0.2) is 0 Å². The van der Waals surface area contributed by atoms with Gasteiger partial charge in [0, 0.05) is 6.04 Å². The lowest BCUT2D eigenvalue weighted by molar-refractivity contribution is -0.146. The summed E-state index contributed by atoms with van der Waals surface area (Å²) in [4.78, 5) is 23.6. The largest absolute Gasteiger partial charge is 0.469 e. The Kier molecular flexibility index (Phi) is 5.61. The maximum absolute atomic E-state index is 11.8. The number of alkyl carbamates (subject to hydrolysis) is 1. The van der Waals surface area contributed by atoms with Crippen LogP contribution in [0.3, 0.4) is 0 Å². The van der Waals surface area contributed by atoms with Crippen LogP contribution in [0.2, 0.25) is 0 Å². The molecule has 1 amide bonds. The third kappa shape index (κ3) is 5.91. The first-order valence-electron chi connectivity index (χ1n) is 6.82. The number of esters is 1. The third-order valence-corrected chi connectivity index (χ3v) is 4.89. The first kappa shape index (κ1) is 17.7. The molecule has 0 aromatic carbocycles. The molecule has 1 N–H and O–H groups in total. The molecular weight excluding hydrogens is 298 g/mol. The smallest absolute Gasteiger partial charge is 0.407 e. The van der Waals surface area contributed by atoms with Crippen molar-refractivity contribution in [2.24, 2.45) is 5.92 Å². The highest BCUT2D eigenvalue weighted by Crippen LogP contribution is 2.21. The molecule has 7 nitrogen and oxygen atoms in total. The van der Waals surface area contributed by atoms with Crippen molar-refractivity contribution < 1.29 is 27.5 Å². The van der Waals surface area contributed by atoms with Crippen LogP contribution < -0.4 is 5.32 Å². The fraction of sp³-hybridized carbons (Fsp3) is 0.846. The summed E-state index contributed by atoms with van der Waals surface area (Å²) in [6, 6.07) is -0.607. The summed E-state index contributed by atoms with van der Waals surface area (Å²) >= 11 is 0. The summed E-state index contributed by atoms with van der Waals surface area (Å²) in [6.07, 6.45) is -0.364. The summed E-state index contributed by atoms with van der Waals surface area (Å²) < 4.78 is 33.2. The van der Waals surface area contributed by atoms with Gasteiger partial charge in [-0.15, -0.1) is 0 Å². The van der Waals surface area contributed by atoms with Gasteiger partial charge in [-0.3, -0.25) is 4.79 Å². The second kappa shape index (κ2) is 6.64. The molecule has 0 saturated carbocycles. The van der Waals surface area contributed by atoms with Gasteiger partial charge in [-0.2, -0.15) is 0 Å². The maximum Gasteiger partial charge on any atom is 0.407 e. The molecule has 0 aliphatic carbocycles. The van der Waals surface area contributed by atoms with E-state index in [-0.39, 0.29) is 24.3 Å². The number of ether oxygens (including phenoxy) is 2. The zero-order valence-corrected chi connectivity index (χ0v) is 13.7. The maximum atomic E-state index is 11.8. The Bertz CT molecular complexity index is 493. The van der Waals surface area contributed by atoms with E-state index in [1.807, 2.05) is 0 Å². The molecule has 0 bridgehead atoms. The second-order valence-electron chi connectivity index (χ2n) is 6.11. The lowest BCUT2D eigenvalue weighted by Gasteiger charge is -2.26. The molecule has 21 heavy (non-hydrogen) atoms. The second-order valence-corrected chi connectivity index (χ2v) is 8.42. The Labute approximate surface area is 125 Å². The fourth-order valence-electron chi connectivity index (χ4n) is 2.18. The average molecular weight is 321 g/mol. The highest BCUT2D eigenvalue weighted by Gasteiger charge is 2.36. The molecule has 0 spiro atoms. The van der Waals surface area contributed by atoms with Crippen molar-refractivity contribution in [1.82, 2.24) is 5.32 Å². The van der Waals surface area contributed by atoms with Gasteiger partial charge < -0.3 is 14.8 Å². The first-order chi connectivity index (χ1) is 9.54. The minimum absolute atomic E-state index is 0.0685. The Morgan fingerprint density at radius 1 is 1.14 bits per heavy atom. The highest BCUT2D eigenvalue weighted by molar-refractivity contribution is 7.91. The van der Waals surface area contributed by atoms with Crippen LogP contribution in [0.25, 0.3) is 0 Å². The molecule has 0 aromatic rings. The molecule has 0 radical (unpaired) electrons. The van der Waals surface area contributed by atoms with Crippen LogP contribution in [0.4, 0.5) is 4.79 Å². The zero-order valence-electron chi connectivity index (χ0n) is 12.8. The summed E-state index contributed by atoms with van der Waals surface area (Å²) in [6.45, 7) is 5.17. The van der Waals surface area contributed by atoms with Gasteiger partial charge >= 0.3 is 12.1 Å². The van der Waals surface area contributed by atoms with Gasteiger partial charge in [0.25, 0.3) is 0 Å². The van der Waals surface area contributed by atoms with Crippen molar-refractivity contribution in [2.75, 3.05) is 18.6 Å². The van der Waals surface area contributed by atoms with E-state index >= 15 is 0 Å². The number of carbonyl (C=O) groups excluding carboxylic acids is 2. The standard InChI is InChI=1S/C13H23NO6S/c1-13(2,3)20-12(16)14-10-6-8-21(17,18)7-5-9(10)11(15)19-4/h9-10H,5-8H2,1-4H3,(H,14,16)/t9-,10-/m1/s1. The number of hydrogen-bond donors (Lipinski definition) is 1. The molecule has 1 rings (SSSR count). The number of carbonyl (C=O) groups is 2. The van der Waals surface area contributed by atoms with Crippen LogP contribution in [-0.2, 0) is 24.1 Å². The number of sulfone groups is 1. The molecule has 1 aliphatic heterocycles. The molecule has 1 heterocycles. The van der Waals surface area contributed by atoms with Crippen molar-refractivity contribution in [3.63, 3.8) is 0 Å². The molecule has 122 valence electrons. The Hall–Kier alpha value is -1.31. The Morgan fingerprint density at radius 2 is 1.71 bits per heavy atom. The van der Waals surface area contributed by atoms with Crippen LogP contribution in [-0.4, -0.2) is 50.7 Å². The fourth-order valence-corrected chi connectivity index (χ4v) is 3.61. The number of nitrogens with one attached hydrogen (secondary N) is 1. The molecule has 8 heteroatoms. The van der Waals surface area contributed by atoms with E-state index in [1.165, 1.54) is 7.11 Å². The SMILES string of the molecule is COC(=O)[C@@H]1CCS(=O)(=O)CC[C@H]1NC(=O)OC(C)(C)C. The van der Waals surface area contributed by atoms with E-state index < -0.39 is 39.5 Å². The van der Waals surface area contributed by atoms with Crippen molar-refractivity contribution in [3.05, 3.63) is 0 Å². The van der Waals surface area contributed by atoms with Crippen LogP contribution in [0.1, 0.15) is 33.6 Å². The van der Waals surface area contributed by atoms with Gasteiger partial charge in [0.05, 0.1) is 24.5 Å². The van der Waals surface area contributed by atoms with Gasteiger partial charge in [0.1, 0.15) is 15.4 Å². The van der Waals surface area contributed by atoms with Crippen molar-refractivity contribution in [1.29, 1.82) is 0 Å². The summed E-state index contributed by atoms with van der Waals surface area (Å²) in [5.74, 6) is -1.35. The first-order valence-corrected chi connectivity index (χ1v) is 8.64. The molecule has 1 aliphatic rings. The van der Waals surface area contributed by atoms with Gasteiger partial charge in [0.15, 0.2) is 0 Å². The molecule has 2 atom stereocenters. The third-order valence-electron chi connectivity index (χ3n) is 3.17. The summed E-state index contributed by atoms with van der Waals surface area (Å²) in [5, 5.41) is 2.59. The van der Waals surface area contributed by atoms with Crippen molar-refractivity contribution in [2.45, 2.75) is 45.3 Å². The van der Waals surface area contributed by atoms with E-state index in [0.717, 1.165) is 0 Å². The predicted octanol–water partition coefficient (Wildman–Crippen LogP) is 0.877. The van der Waals surface area contributed by atoms with Gasteiger partial charge in [0.2, 0.25) is 0 Å². The topological polar surface area (TPSA) is 98.8 Å². The minimum Gasteiger partial charge on any atom is -0.469 e. The van der Waals surface area contributed by atoms with Crippen molar-refractivity contribution in [3.8, 4) is 0 Å². The number of amides is 1. The minimum atomic E-state index is -3.20. The van der Waals surface area contributed by atoms with Crippen molar-refractivity contribution >= 4 is 21.9 Å². The molecule has 0 aromatic heterocycles. The highest BCUT2D eigenvalue weighted by atomic mass is 32.2. The lowest BCUT2D eigenvalue weighted by atomic mass is 9.95. The normalized spacial score (nSPS) is 25.5. The Balaban J connectivity index is 2.83. The molecule has 1 saturated heterocycles. The van der Waals surface area contributed by atoms with E-state index in [4.69, 9.17) is 9.47 Å². The van der Waals surface area contributed by atoms with Crippen LogP contribution in [0.5, 0.6) is 0 Å². The molecular formula is C13H23NO6S. The number of rotatable bonds is 2. The van der Waals surface area contributed by atoms with E-state index in [9.17, 15) is 18.0 Å². The number of methoxy groups -OCH3 is 1. The quantitative estimate of drug-likeness (QED) is 0.758. The predicted molar refractivity (Wildman–Crippen MR) is 76.6 cm³/mol. The van der Waals surface area contributed by atoms with Gasteiger partial charge in [-0.05, 0) is 33.6 Å². The van der Waals surface area contributed by atoms with E-state index in [0.29, 0.717) is 0 Å². The molecule has 0 unspecified atom stereocenters.